The average molecular weight is 289 g/mol. The van der Waals surface area contributed by atoms with Crippen LogP contribution in [-0.4, -0.2) is 9.55 Å². The summed E-state index contributed by atoms with van der Waals surface area (Å²) in [6.45, 7) is 1.39. The van der Waals surface area contributed by atoms with Crippen molar-refractivity contribution in [1.29, 1.82) is 0 Å². The first kappa shape index (κ1) is 13.6. The lowest BCUT2D eigenvalue weighted by atomic mass is 10.2. The number of para-hydroxylation sites is 1. The molecule has 0 saturated heterocycles. The number of rotatable bonds is 1. The van der Waals surface area contributed by atoms with Crippen LogP contribution in [0.5, 0.6) is 0 Å². The van der Waals surface area contributed by atoms with Gasteiger partial charge in [0, 0.05) is 5.69 Å². The predicted octanol–water partition coefficient (Wildman–Crippen LogP) is 3.21. The second-order valence-corrected chi connectivity index (χ2v) is 4.26. The molecule has 2 aromatic rings. The van der Waals surface area contributed by atoms with Crippen LogP contribution in [-0.2, 0) is 6.18 Å². The van der Waals surface area contributed by atoms with Gasteiger partial charge in [-0.15, -0.1) is 0 Å². The van der Waals surface area contributed by atoms with Crippen molar-refractivity contribution < 1.29 is 13.2 Å². The summed E-state index contributed by atoms with van der Waals surface area (Å²) in [6, 6.07) is 7.17. The zero-order chi connectivity index (χ0) is 14.2. The minimum absolute atomic E-state index is 0.112. The Bertz CT molecular complexity index is 679. The van der Waals surface area contributed by atoms with Gasteiger partial charge in [-0.25, -0.2) is 4.79 Å². The predicted molar refractivity (Wildman–Crippen MR) is 64.6 cm³/mol. The average Bonchev–Trinajstić information content (AvgIpc) is 2.29. The summed E-state index contributed by atoms with van der Waals surface area (Å²) in [6.07, 6.45) is -4.65. The molecule has 1 aromatic carbocycles. The molecule has 0 fully saturated rings. The van der Waals surface area contributed by atoms with E-state index in [0.717, 1.165) is 10.6 Å². The molecule has 100 valence electrons. The molecule has 0 saturated carbocycles. The first-order valence-corrected chi connectivity index (χ1v) is 5.61. The number of nitrogens with zero attached hydrogens (tertiary/aromatic N) is 2. The van der Waals surface area contributed by atoms with E-state index in [1.807, 2.05) is 0 Å². The largest absolute Gasteiger partial charge is 0.433 e. The summed E-state index contributed by atoms with van der Waals surface area (Å²) in [5, 5.41) is 0.259. The van der Waals surface area contributed by atoms with Crippen molar-refractivity contribution in [3.05, 3.63) is 57.2 Å². The fraction of sp³-hybridized carbons (Fsp3) is 0.167. The van der Waals surface area contributed by atoms with Gasteiger partial charge in [-0.1, -0.05) is 23.7 Å². The van der Waals surface area contributed by atoms with Gasteiger partial charge in [-0.2, -0.15) is 18.2 Å². The van der Waals surface area contributed by atoms with E-state index in [9.17, 15) is 18.0 Å². The molecule has 0 bridgehead atoms. The van der Waals surface area contributed by atoms with Crippen LogP contribution >= 0.6 is 11.6 Å². The quantitative estimate of drug-likeness (QED) is 0.807. The second-order valence-electron chi connectivity index (χ2n) is 3.85. The summed E-state index contributed by atoms with van der Waals surface area (Å²) >= 11 is 5.92. The van der Waals surface area contributed by atoms with Gasteiger partial charge in [0.05, 0.1) is 10.7 Å². The van der Waals surface area contributed by atoms with Crippen LogP contribution in [0.4, 0.5) is 13.2 Å². The van der Waals surface area contributed by atoms with Gasteiger partial charge in [0.1, 0.15) is 0 Å². The fourth-order valence-electron chi connectivity index (χ4n) is 1.67. The van der Waals surface area contributed by atoms with E-state index in [4.69, 9.17) is 11.6 Å². The monoisotopic (exact) mass is 288 g/mol. The van der Waals surface area contributed by atoms with Crippen LogP contribution in [0.2, 0.25) is 5.02 Å². The van der Waals surface area contributed by atoms with Gasteiger partial charge in [0.15, 0.2) is 5.69 Å². The minimum Gasteiger partial charge on any atom is -0.264 e. The van der Waals surface area contributed by atoms with Crippen molar-refractivity contribution in [3.8, 4) is 5.69 Å². The third-order valence-electron chi connectivity index (χ3n) is 2.49. The van der Waals surface area contributed by atoms with Crippen LogP contribution in [0.25, 0.3) is 5.69 Å². The highest BCUT2D eigenvalue weighted by molar-refractivity contribution is 6.32. The molecule has 0 amide bonds. The molecule has 0 aliphatic carbocycles. The van der Waals surface area contributed by atoms with E-state index in [-0.39, 0.29) is 10.7 Å². The van der Waals surface area contributed by atoms with E-state index < -0.39 is 17.6 Å². The summed E-state index contributed by atoms with van der Waals surface area (Å²) in [5.41, 5.74) is -1.81. The van der Waals surface area contributed by atoms with Crippen LogP contribution < -0.4 is 5.69 Å². The first-order valence-electron chi connectivity index (χ1n) is 5.23. The molecule has 2 rings (SSSR count). The summed E-state index contributed by atoms with van der Waals surface area (Å²) in [5.74, 6) is 0. The third kappa shape index (κ3) is 2.63. The normalized spacial score (nSPS) is 11.6. The Morgan fingerprint density at radius 1 is 1.26 bits per heavy atom. The van der Waals surface area contributed by atoms with Crippen LogP contribution in [0.15, 0.2) is 35.1 Å². The van der Waals surface area contributed by atoms with Crippen molar-refractivity contribution in [2.24, 2.45) is 0 Å². The Balaban J connectivity index is 2.68. The molecule has 0 spiro atoms. The Morgan fingerprint density at radius 2 is 1.89 bits per heavy atom. The molecule has 3 nitrogen and oxygen atoms in total. The molecule has 1 heterocycles. The molecular weight excluding hydrogens is 281 g/mol. The van der Waals surface area contributed by atoms with Crippen molar-refractivity contribution in [1.82, 2.24) is 9.55 Å². The standard InChI is InChI=1S/C12H8ClF3N2O/c1-7-6-10(12(14,15)16)17-11(19)18(7)9-5-3-2-4-8(9)13/h2-6H,1H3. The maximum absolute atomic E-state index is 12.5. The van der Waals surface area contributed by atoms with Crippen molar-refractivity contribution >= 4 is 11.6 Å². The molecule has 0 N–H and O–H groups in total. The molecule has 0 atom stereocenters. The van der Waals surface area contributed by atoms with Gasteiger partial charge in [-0.05, 0) is 25.1 Å². The molecule has 0 aliphatic heterocycles. The smallest absolute Gasteiger partial charge is 0.264 e. The maximum Gasteiger partial charge on any atom is 0.433 e. The Hall–Kier alpha value is -1.82. The number of hydrogen-bond donors (Lipinski definition) is 0. The number of aryl methyl sites for hydroxylation is 1. The lowest BCUT2D eigenvalue weighted by molar-refractivity contribution is -0.141. The number of alkyl halides is 3. The number of benzene rings is 1. The summed E-state index contributed by atoms with van der Waals surface area (Å²) in [7, 11) is 0. The maximum atomic E-state index is 12.5. The van der Waals surface area contributed by atoms with E-state index in [1.165, 1.54) is 13.0 Å². The van der Waals surface area contributed by atoms with Crippen LogP contribution in [0.1, 0.15) is 11.4 Å². The van der Waals surface area contributed by atoms with Gasteiger partial charge < -0.3 is 0 Å². The SMILES string of the molecule is Cc1cc(C(F)(F)F)nc(=O)n1-c1ccccc1Cl. The molecule has 0 radical (unpaired) electrons. The molecule has 7 heteroatoms. The van der Waals surface area contributed by atoms with Gasteiger partial charge >= 0.3 is 11.9 Å². The van der Waals surface area contributed by atoms with Crippen molar-refractivity contribution in [3.63, 3.8) is 0 Å². The van der Waals surface area contributed by atoms with E-state index in [2.05, 4.69) is 4.98 Å². The molecule has 0 unspecified atom stereocenters. The zero-order valence-corrected chi connectivity index (χ0v) is 10.5. The zero-order valence-electron chi connectivity index (χ0n) is 9.70. The van der Waals surface area contributed by atoms with Gasteiger partial charge in [0.25, 0.3) is 0 Å². The lowest BCUT2D eigenvalue weighted by Crippen LogP contribution is -2.27. The fourth-order valence-corrected chi connectivity index (χ4v) is 1.89. The number of aromatic nitrogens is 2. The third-order valence-corrected chi connectivity index (χ3v) is 2.81. The summed E-state index contributed by atoms with van der Waals surface area (Å²) < 4.78 is 38.6. The van der Waals surface area contributed by atoms with E-state index in [1.54, 1.807) is 18.2 Å². The number of halogens is 4. The van der Waals surface area contributed by atoms with Crippen molar-refractivity contribution in [2.75, 3.05) is 0 Å². The second kappa shape index (κ2) is 4.70. The highest BCUT2D eigenvalue weighted by Gasteiger charge is 2.33. The number of hydrogen-bond acceptors (Lipinski definition) is 2. The highest BCUT2D eigenvalue weighted by Crippen LogP contribution is 2.28. The van der Waals surface area contributed by atoms with Crippen molar-refractivity contribution in [2.45, 2.75) is 13.1 Å². The van der Waals surface area contributed by atoms with E-state index in [0.29, 0.717) is 5.69 Å². The van der Waals surface area contributed by atoms with Gasteiger partial charge in [0.2, 0.25) is 0 Å². The minimum atomic E-state index is -4.65. The molecule has 19 heavy (non-hydrogen) atoms. The molecule has 1 aromatic heterocycles. The lowest BCUT2D eigenvalue weighted by Gasteiger charge is -2.13. The summed E-state index contributed by atoms with van der Waals surface area (Å²) in [4.78, 5) is 14.8. The van der Waals surface area contributed by atoms with Gasteiger partial charge in [-0.3, -0.25) is 4.57 Å². The molecule has 0 aliphatic rings. The molecular formula is C12H8ClF3N2O. The Morgan fingerprint density at radius 3 is 2.42 bits per heavy atom. The first-order chi connectivity index (χ1) is 8.80. The Labute approximate surface area is 111 Å². The van der Waals surface area contributed by atoms with Crippen LogP contribution in [0.3, 0.4) is 0 Å². The Kier molecular flexibility index (Phi) is 3.36. The topological polar surface area (TPSA) is 34.9 Å². The highest BCUT2D eigenvalue weighted by atomic mass is 35.5. The van der Waals surface area contributed by atoms with E-state index >= 15 is 0 Å². The van der Waals surface area contributed by atoms with Crippen LogP contribution in [0, 0.1) is 6.92 Å².